The fourth-order valence-electron chi connectivity index (χ4n) is 3.47. The van der Waals surface area contributed by atoms with Crippen molar-refractivity contribution in [2.24, 2.45) is 0 Å². The third-order valence-corrected chi connectivity index (χ3v) is 5.18. The van der Waals surface area contributed by atoms with E-state index in [4.69, 9.17) is 14.2 Å². The van der Waals surface area contributed by atoms with E-state index in [0.29, 0.717) is 12.8 Å². The molecule has 1 atom stereocenters. The van der Waals surface area contributed by atoms with Crippen LogP contribution in [0, 0.1) is 0 Å². The van der Waals surface area contributed by atoms with Crippen molar-refractivity contribution in [1.82, 2.24) is 4.90 Å². The molecule has 1 amide bonds. The first-order valence-corrected chi connectivity index (χ1v) is 9.74. The molecule has 0 N–H and O–H groups in total. The van der Waals surface area contributed by atoms with Crippen LogP contribution in [0.15, 0.2) is 48.5 Å². The zero-order valence-electron chi connectivity index (χ0n) is 17.1. The molecule has 0 radical (unpaired) electrons. The van der Waals surface area contributed by atoms with Crippen LogP contribution in [0.5, 0.6) is 5.75 Å². The summed E-state index contributed by atoms with van der Waals surface area (Å²) in [4.78, 5) is 38.4. The summed E-state index contributed by atoms with van der Waals surface area (Å²) in [5.41, 5.74) is 2.95. The molecule has 2 aromatic rings. The number of amides is 1. The largest absolute Gasteiger partial charge is 0.497 e. The lowest BCUT2D eigenvalue weighted by Gasteiger charge is -2.35. The summed E-state index contributed by atoms with van der Waals surface area (Å²) in [5, 5.41) is 0. The third kappa shape index (κ3) is 5.17. The van der Waals surface area contributed by atoms with Gasteiger partial charge in [-0.2, -0.15) is 0 Å². The first-order chi connectivity index (χ1) is 14.5. The number of ether oxygens (including phenoxy) is 3. The predicted molar refractivity (Wildman–Crippen MR) is 109 cm³/mol. The van der Waals surface area contributed by atoms with E-state index in [1.165, 1.54) is 12.0 Å². The molecule has 0 fully saturated rings. The maximum Gasteiger partial charge on any atom is 0.328 e. The van der Waals surface area contributed by atoms with E-state index in [1.807, 2.05) is 48.5 Å². The number of fused-ring (bicyclic) bond motifs is 1. The highest BCUT2D eigenvalue weighted by Crippen LogP contribution is 2.24. The van der Waals surface area contributed by atoms with E-state index < -0.39 is 30.5 Å². The van der Waals surface area contributed by atoms with Crippen LogP contribution in [0.1, 0.15) is 23.1 Å². The standard InChI is InChI=1S/C23H25NO6/c1-28-19-10-7-16(8-11-19)9-12-22(26)30-15-21(25)24-14-18-6-4-3-5-17(18)13-20(24)23(27)29-2/h3-8,10-11,20H,9,12-15H2,1-2H3/t20-/m1/s1. The summed E-state index contributed by atoms with van der Waals surface area (Å²) in [6.45, 7) is -0.130. The Hall–Kier alpha value is -3.35. The van der Waals surface area contributed by atoms with Gasteiger partial charge in [0.15, 0.2) is 6.61 Å². The molecule has 7 heteroatoms. The Balaban J connectivity index is 1.55. The van der Waals surface area contributed by atoms with Gasteiger partial charge in [-0.1, -0.05) is 36.4 Å². The summed E-state index contributed by atoms with van der Waals surface area (Å²) in [7, 11) is 2.89. The first kappa shape index (κ1) is 21.4. The van der Waals surface area contributed by atoms with E-state index in [2.05, 4.69) is 0 Å². The average molecular weight is 411 g/mol. The fourth-order valence-corrected chi connectivity index (χ4v) is 3.47. The van der Waals surface area contributed by atoms with Crippen molar-refractivity contribution < 1.29 is 28.6 Å². The van der Waals surface area contributed by atoms with Gasteiger partial charge in [0.25, 0.3) is 5.91 Å². The van der Waals surface area contributed by atoms with Gasteiger partial charge < -0.3 is 19.1 Å². The molecule has 0 unspecified atom stereocenters. The highest BCUT2D eigenvalue weighted by molar-refractivity contribution is 5.87. The molecule has 30 heavy (non-hydrogen) atoms. The van der Waals surface area contributed by atoms with Crippen molar-refractivity contribution in [2.75, 3.05) is 20.8 Å². The zero-order valence-corrected chi connectivity index (χ0v) is 17.1. The van der Waals surface area contributed by atoms with Gasteiger partial charge in [-0.3, -0.25) is 9.59 Å². The summed E-state index contributed by atoms with van der Waals surface area (Å²) >= 11 is 0. The second kappa shape index (κ2) is 9.91. The van der Waals surface area contributed by atoms with Gasteiger partial charge >= 0.3 is 11.9 Å². The SMILES string of the molecule is COC(=O)[C@H]1Cc2ccccc2CN1C(=O)COC(=O)CCc1ccc(OC)cc1. The van der Waals surface area contributed by atoms with Crippen molar-refractivity contribution >= 4 is 17.8 Å². The number of hydrogen-bond donors (Lipinski definition) is 0. The molecule has 1 aliphatic rings. The van der Waals surface area contributed by atoms with E-state index in [9.17, 15) is 14.4 Å². The van der Waals surface area contributed by atoms with Crippen molar-refractivity contribution in [3.05, 3.63) is 65.2 Å². The van der Waals surface area contributed by atoms with E-state index in [-0.39, 0.29) is 13.0 Å². The first-order valence-electron chi connectivity index (χ1n) is 9.74. The molecule has 1 aliphatic heterocycles. The van der Waals surface area contributed by atoms with Crippen LogP contribution >= 0.6 is 0 Å². The molecule has 2 aromatic carbocycles. The minimum atomic E-state index is -0.726. The number of esters is 2. The van der Waals surface area contributed by atoms with Crippen molar-refractivity contribution in [3.63, 3.8) is 0 Å². The van der Waals surface area contributed by atoms with Gasteiger partial charge in [0, 0.05) is 19.4 Å². The second-order valence-corrected chi connectivity index (χ2v) is 7.04. The minimum Gasteiger partial charge on any atom is -0.497 e. The summed E-state index contributed by atoms with van der Waals surface area (Å²) < 4.78 is 15.1. The number of nitrogens with zero attached hydrogens (tertiary/aromatic N) is 1. The van der Waals surface area contributed by atoms with Crippen LogP contribution in [0.25, 0.3) is 0 Å². The van der Waals surface area contributed by atoms with Crippen LogP contribution in [0.2, 0.25) is 0 Å². The molecule has 3 rings (SSSR count). The highest BCUT2D eigenvalue weighted by Gasteiger charge is 2.35. The lowest BCUT2D eigenvalue weighted by atomic mass is 9.94. The number of benzene rings is 2. The summed E-state index contributed by atoms with van der Waals surface area (Å²) in [6, 6.07) is 14.3. The predicted octanol–water partition coefficient (Wildman–Crippen LogP) is 2.30. The van der Waals surface area contributed by atoms with E-state index in [1.54, 1.807) is 7.11 Å². The lowest BCUT2D eigenvalue weighted by molar-refractivity contribution is -0.159. The quantitative estimate of drug-likeness (QED) is 0.651. The van der Waals surface area contributed by atoms with Crippen LogP contribution in [-0.4, -0.2) is 49.6 Å². The molecular formula is C23H25NO6. The average Bonchev–Trinajstić information content (AvgIpc) is 2.80. The molecular weight excluding hydrogens is 386 g/mol. The Morgan fingerprint density at radius 3 is 2.37 bits per heavy atom. The Morgan fingerprint density at radius 1 is 1.00 bits per heavy atom. The van der Waals surface area contributed by atoms with E-state index in [0.717, 1.165) is 22.4 Å². The highest BCUT2D eigenvalue weighted by atomic mass is 16.5. The normalized spacial score (nSPS) is 15.1. The Morgan fingerprint density at radius 2 is 1.70 bits per heavy atom. The van der Waals surface area contributed by atoms with Gasteiger partial charge in [-0.25, -0.2) is 4.79 Å². The van der Waals surface area contributed by atoms with Gasteiger partial charge in [-0.05, 0) is 35.2 Å². The van der Waals surface area contributed by atoms with Crippen LogP contribution in [0.4, 0.5) is 0 Å². The van der Waals surface area contributed by atoms with Gasteiger partial charge in [0.2, 0.25) is 0 Å². The number of rotatable bonds is 7. The summed E-state index contributed by atoms with van der Waals surface area (Å²) in [5.74, 6) is -0.622. The smallest absolute Gasteiger partial charge is 0.328 e. The fraction of sp³-hybridized carbons (Fsp3) is 0.348. The Kier molecular flexibility index (Phi) is 7.06. The zero-order chi connectivity index (χ0) is 21.5. The Bertz CT molecular complexity index is 908. The van der Waals surface area contributed by atoms with Crippen LogP contribution < -0.4 is 4.74 Å². The van der Waals surface area contributed by atoms with Crippen molar-refractivity contribution in [1.29, 1.82) is 0 Å². The molecule has 0 saturated carbocycles. The van der Waals surface area contributed by atoms with Crippen molar-refractivity contribution in [3.8, 4) is 5.75 Å². The number of methoxy groups -OCH3 is 2. The lowest BCUT2D eigenvalue weighted by Crippen LogP contribution is -2.50. The number of aryl methyl sites for hydroxylation is 1. The number of hydrogen-bond acceptors (Lipinski definition) is 6. The van der Waals surface area contributed by atoms with Gasteiger partial charge in [0.1, 0.15) is 11.8 Å². The molecule has 158 valence electrons. The topological polar surface area (TPSA) is 82.1 Å². The van der Waals surface area contributed by atoms with E-state index >= 15 is 0 Å². The molecule has 1 heterocycles. The molecule has 0 bridgehead atoms. The van der Waals surface area contributed by atoms with Crippen LogP contribution in [-0.2, 0) is 43.2 Å². The van der Waals surface area contributed by atoms with Crippen molar-refractivity contribution in [2.45, 2.75) is 31.8 Å². The molecule has 0 aromatic heterocycles. The third-order valence-electron chi connectivity index (χ3n) is 5.18. The molecule has 7 nitrogen and oxygen atoms in total. The maximum absolute atomic E-state index is 12.7. The number of carbonyl (C=O) groups is 3. The molecule has 0 aliphatic carbocycles. The minimum absolute atomic E-state index is 0.156. The monoisotopic (exact) mass is 411 g/mol. The number of carbonyl (C=O) groups excluding carboxylic acids is 3. The maximum atomic E-state index is 12.7. The summed E-state index contributed by atoms with van der Waals surface area (Å²) in [6.07, 6.45) is 1.03. The van der Waals surface area contributed by atoms with Gasteiger partial charge in [-0.15, -0.1) is 0 Å². The second-order valence-electron chi connectivity index (χ2n) is 7.04. The molecule has 0 spiro atoms. The van der Waals surface area contributed by atoms with Crippen LogP contribution in [0.3, 0.4) is 0 Å². The van der Waals surface area contributed by atoms with Gasteiger partial charge in [0.05, 0.1) is 14.2 Å². The Labute approximate surface area is 175 Å². The molecule has 0 saturated heterocycles.